The number of nitrogens with zero attached hydrogens (tertiary/aromatic N) is 2. The van der Waals surface area contributed by atoms with E-state index < -0.39 is 0 Å². The summed E-state index contributed by atoms with van der Waals surface area (Å²) in [7, 11) is 0. The maximum Gasteiger partial charge on any atom is 0.227 e. The molecule has 3 heterocycles. The van der Waals surface area contributed by atoms with Gasteiger partial charge in [0.05, 0.1) is 34.9 Å². The molecule has 2 aliphatic rings. The van der Waals surface area contributed by atoms with Gasteiger partial charge in [0.15, 0.2) is 0 Å². The van der Waals surface area contributed by atoms with Gasteiger partial charge in [-0.15, -0.1) is 0 Å². The Morgan fingerprint density at radius 2 is 2.07 bits per heavy atom. The third-order valence-electron chi connectivity index (χ3n) is 5.43. The van der Waals surface area contributed by atoms with Crippen LogP contribution in [0.4, 0.5) is 0 Å². The molecule has 0 spiro atoms. The quantitative estimate of drug-likeness (QED) is 0.842. The van der Waals surface area contributed by atoms with E-state index in [1.54, 1.807) is 18.4 Å². The smallest absolute Gasteiger partial charge is 0.227 e. The Morgan fingerprint density at radius 3 is 2.81 bits per heavy atom. The van der Waals surface area contributed by atoms with Gasteiger partial charge in [-0.2, -0.15) is 0 Å². The Kier molecular flexibility index (Phi) is 5.46. The fraction of sp³-hybridized carbons (Fsp3) is 0.450. The van der Waals surface area contributed by atoms with Crippen LogP contribution in [-0.2, 0) is 17.6 Å². The topological polar surface area (TPSA) is 56.9 Å². The van der Waals surface area contributed by atoms with Crippen LogP contribution in [-0.4, -0.2) is 53.1 Å². The van der Waals surface area contributed by atoms with Crippen molar-refractivity contribution in [2.75, 3.05) is 26.2 Å². The summed E-state index contributed by atoms with van der Waals surface area (Å²) in [6.07, 6.45) is 3.20. The van der Waals surface area contributed by atoms with Crippen molar-refractivity contribution in [2.45, 2.75) is 31.4 Å². The van der Waals surface area contributed by atoms with Gasteiger partial charge < -0.3 is 14.4 Å². The van der Waals surface area contributed by atoms with E-state index in [9.17, 15) is 9.90 Å². The fourth-order valence-corrected chi connectivity index (χ4v) is 4.36. The Bertz CT molecular complexity index is 838. The maximum absolute atomic E-state index is 13.1. The van der Waals surface area contributed by atoms with E-state index in [0.29, 0.717) is 36.1 Å². The van der Waals surface area contributed by atoms with E-state index in [2.05, 4.69) is 4.90 Å². The summed E-state index contributed by atoms with van der Waals surface area (Å²) in [6.45, 7) is 2.83. The number of amides is 1. The van der Waals surface area contributed by atoms with Crippen LogP contribution in [0, 0.1) is 0 Å². The predicted molar refractivity (Wildman–Crippen MR) is 104 cm³/mol. The van der Waals surface area contributed by atoms with E-state index in [1.807, 2.05) is 17.0 Å². The minimum atomic E-state index is -0.280. The highest BCUT2D eigenvalue weighted by Gasteiger charge is 2.35. The number of benzene rings is 1. The number of likely N-dealkylation sites (tertiary alicyclic amines) is 1. The highest BCUT2D eigenvalue weighted by molar-refractivity contribution is 6.42. The third kappa shape index (κ3) is 4.02. The molecule has 0 bridgehead atoms. The molecule has 5 nitrogen and oxygen atoms in total. The molecule has 1 saturated heterocycles. The summed E-state index contributed by atoms with van der Waals surface area (Å²) in [5, 5.41) is 10.8. The molecule has 0 aliphatic carbocycles. The van der Waals surface area contributed by atoms with Crippen LogP contribution in [0.25, 0.3) is 0 Å². The van der Waals surface area contributed by atoms with Crippen molar-refractivity contribution < 1.29 is 14.3 Å². The van der Waals surface area contributed by atoms with Crippen molar-refractivity contribution in [3.63, 3.8) is 0 Å². The molecule has 2 aromatic rings. The molecule has 1 unspecified atom stereocenters. The van der Waals surface area contributed by atoms with Crippen molar-refractivity contribution in [1.82, 2.24) is 9.80 Å². The molecule has 0 saturated carbocycles. The average molecular weight is 409 g/mol. The van der Waals surface area contributed by atoms with Gasteiger partial charge in [-0.05, 0) is 30.2 Å². The number of carbonyl (C=O) groups excluding carboxylic acids is 1. The van der Waals surface area contributed by atoms with Gasteiger partial charge in [-0.25, -0.2) is 0 Å². The van der Waals surface area contributed by atoms with Crippen molar-refractivity contribution >= 4 is 29.1 Å². The van der Waals surface area contributed by atoms with Gasteiger partial charge in [0.1, 0.15) is 5.76 Å². The third-order valence-corrected chi connectivity index (χ3v) is 6.17. The molecule has 1 aromatic carbocycles. The Balaban J connectivity index is 1.53. The number of fused-ring (bicyclic) bond motifs is 1. The second kappa shape index (κ2) is 7.84. The number of aliphatic hydroxyl groups excluding tert-OH is 1. The minimum Gasteiger partial charge on any atom is -0.469 e. The molecule has 1 aromatic heterocycles. The number of halogens is 2. The van der Waals surface area contributed by atoms with Crippen molar-refractivity contribution in [2.24, 2.45) is 0 Å². The Labute approximate surface area is 168 Å². The zero-order valence-electron chi connectivity index (χ0n) is 14.9. The van der Waals surface area contributed by atoms with Crippen LogP contribution in [0.1, 0.15) is 29.3 Å². The van der Waals surface area contributed by atoms with Crippen LogP contribution in [0.5, 0.6) is 0 Å². The summed E-state index contributed by atoms with van der Waals surface area (Å²) in [4.78, 5) is 17.2. The molecule has 7 heteroatoms. The molecular weight excluding hydrogens is 387 g/mol. The summed E-state index contributed by atoms with van der Waals surface area (Å²) < 4.78 is 5.61. The van der Waals surface area contributed by atoms with E-state index in [1.165, 1.54) is 0 Å². The fourth-order valence-electron chi connectivity index (χ4n) is 4.04. The first-order valence-corrected chi connectivity index (χ1v) is 9.97. The number of hydrogen-bond donors (Lipinski definition) is 1. The predicted octanol–water partition coefficient (Wildman–Crippen LogP) is 3.32. The zero-order chi connectivity index (χ0) is 19.0. The number of furan rings is 1. The second-order valence-corrected chi connectivity index (χ2v) is 8.09. The van der Waals surface area contributed by atoms with Gasteiger partial charge in [0.25, 0.3) is 0 Å². The van der Waals surface area contributed by atoms with Gasteiger partial charge in [-0.3, -0.25) is 9.69 Å². The number of hydrogen-bond acceptors (Lipinski definition) is 4. The Morgan fingerprint density at radius 1 is 1.22 bits per heavy atom. The van der Waals surface area contributed by atoms with Crippen molar-refractivity contribution in [3.8, 4) is 0 Å². The highest BCUT2D eigenvalue weighted by atomic mass is 35.5. The number of β-amino-alcohol motifs (C(OH)–C–C–N with tert-alkyl or cyclic N) is 1. The van der Waals surface area contributed by atoms with E-state index in [-0.39, 0.29) is 24.5 Å². The lowest BCUT2D eigenvalue weighted by Gasteiger charge is -2.37. The van der Waals surface area contributed by atoms with Crippen LogP contribution < -0.4 is 0 Å². The molecule has 0 radical (unpaired) electrons. The van der Waals surface area contributed by atoms with Crippen LogP contribution in [0.15, 0.2) is 34.9 Å². The maximum atomic E-state index is 13.1. The van der Waals surface area contributed by atoms with E-state index in [4.69, 9.17) is 27.6 Å². The molecule has 4 rings (SSSR count). The van der Waals surface area contributed by atoms with Gasteiger partial charge >= 0.3 is 0 Å². The summed E-state index contributed by atoms with van der Waals surface area (Å²) in [6, 6.07) is 7.21. The van der Waals surface area contributed by atoms with E-state index >= 15 is 0 Å². The van der Waals surface area contributed by atoms with Gasteiger partial charge in [-0.1, -0.05) is 29.3 Å². The first-order chi connectivity index (χ1) is 13.0. The SMILES string of the molecule is O=C(Cc1ccc(Cl)c(Cl)c1)N1CCc2occc2C1CN1CC[C@H](O)C1. The van der Waals surface area contributed by atoms with Crippen LogP contribution in [0.2, 0.25) is 10.0 Å². The first-order valence-electron chi connectivity index (χ1n) is 9.21. The van der Waals surface area contributed by atoms with Crippen molar-refractivity contribution in [3.05, 3.63) is 57.5 Å². The lowest BCUT2D eigenvalue weighted by molar-refractivity contribution is -0.133. The molecule has 144 valence electrons. The van der Waals surface area contributed by atoms with Crippen molar-refractivity contribution in [1.29, 1.82) is 0 Å². The van der Waals surface area contributed by atoms with Crippen LogP contribution >= 0.6 is 23.2 Å². The first kappa shape index (κ1) is 18.8. The number of aliphatic hydroxyl groups is 1. The zero-order valence-corrected chi connectivity index (χ0v) is 16.4. The highest BCUT2D eigenvalue weighted by Crippen LogP contribution is 2.33. The Hall–Kier alpha value is -1.53. The second-order valence-electron chi connectivity index (χ2n) is 7.28. The van der Waals surface area contributed by atoms with E-state index in [0.717, 1.165) is 29.9 Å². The lowest BCUT2D eigenvalue weighted by atomic mass is 9.97. The normalized spacial score (nSPS) is 22.9. The molecule has 1 fully saturated rings. The number of carbonyl (C=O) groups is 1. The monoisotopic (exact) mass is 408 g/mol. The average Bonchev–Trinajstić information content (AvgIpc) is 3.27. The molecular formula is C20H22Cl2N2O3. The van der Waals surface area contributed by atoms with Crippen LogP contribution in [0.3, 0.4) is 0 Å². The molecule has 2 aliphatic heterocycles. The summed E-state index contributed by atoms with van der Waals surface area (Å²) in [5.74, 6) is 1.02. The largest absolute Gasteiger partial charge is 0.469 e. The minimum absolute atomic E-state index is 0.0602. The number of rotatable bonds is 4. The molecule has 2 atom stereocenters. The summed E-state index contributed by atoms with van der Waals surface area (Å²) in [5.41, 5.74) is 1.92. The lowest BCUT2D eigenvalue weighted by Crippen LogP contribution is -2.45. The van der Waals surface area contributed by atoms with Gasteiger partial charge in [0.2, 0.25) is 5.91 Å². The van der Waals surface area contributed by atoms with Gasteiger partial charge in [0, 0.05) is 38.2 Å². The molecule has 27 heavy (non-hydrogen) atoms. The standard InChI is InChI=1S/C20H22Cl2N2O3/c21-16-2-1-13(9-17(16)22)10-20(26)24-7-4-19-15(5-8-27-19)18(24)12-23-6-3-14(25)11-23/h1-2,5,8-9,14,18,25H,3-4,6-7,10-12H2/t14-,18?/m0/s1. The molecule has 1 amide bonds. The molecule has 1 N–H and O–H groups in total. The summed E-state index contributed by atoms with van der Waals surface area (Å²) >= 11 is 12.1.